The van der Waals surface area contributed by atoms with Crippen LogP contribution in [0.15, 0.2) is 34.8 Å². The highest BCUT2D eigenvalue weighted by molar-refractivity contribution is 7.99. The fourth-order valence-corrected chi connectivity index (χ4v) is 4.27. The maximum Gasteiger partial charge on any atom is 0.230 e. The van der Waals surface area contributed by atoms with Crippen molar-refractivity contribution in [1.82, 2.24) is 25.1 Å². The number of hydrogen-bond acceptors (Lipinski definition) is 6. The summed E-state index contributed by atoms with van der Waals surface area (Å²) in [6.45, 7) is 0. The van der Waals surface area contributed by atoms with E-state index in [1.54, 1.807) is 15.9 Å². The van der Waals surface area contributed by atoms with Crippen LogP contribution in [-0.2, 0) is 4.79 Å². The van der Waals surface area contributed by atoms with Gasteiger partial charge in [-0.1, -0.05) is 30.7 Å². The van der Waals surface area contributed by atoms with Gasteiger partial charge in [0.25, 0.3) is 0 Å². The molecule has 3 aromatic rings. The van der Waals surface area contributed by atoms with E-state index < -0.39 is 0 Å². The van der Waals surface area contributed by atoms with Gasteiger partial charge >= 0.3 is 0 Å². The lowest BCUT2D eigenvalue weighted by molar-refractivity contribution is -0.119. The number of amides is 1. The number of fused-ring (bicyclic) bond motifs is 1. The van der Waals surface area contributed by atoms with Crippen LogP contribution in [0.4, 0.5) is 0 Å². The van der Waals surface area contributed by atoms with Crippen molar-refractivity contribution in [2.75, 3.05) is 5.75 Å². The second-order valence-electron chi connectivity index (χ2n) is 5.79. The summed E-state index contributed by atoms with van der Waals surface area (Å²) in [5.41, 5.74) is 1.57. The van der Waals surface area contributed by atoms with Crippen molar-refractivity contribution in [3.63, 3.8) is 0 Å². The number of carbonyl (C=O) groups excluding carboxylic acids is 1. The summed E-state index contributed by atoms with van der Waals surface area (Å²) in [5, 5.41) is 18.6. The molecule has 0 radical (unpaired) electrons. The molecule has 1 N–H and O–H groups in total. The molecule has 0 bridgehead atoms. The second kappa shape index (κ2) is 6.90. The molecule has 1 saturated carbocycles. The first-order valence-corrected chi connectivity index (χ1v) is 9.84. The van der Waals surface area contributed by atoms with Gasteiger partial charge in [0.2, 0.25) is 11.1 Å². The van der Waals surface area contributed by atoms with Gasteiger partial charge in [0.1, 0.15) is 5.69 Å². The number of carbonyl (C=O) groups is 1. The highest BCUT2D eigenvalue weighted by Crippen LogP contribution is 2.24. The Morgan fingerprint density at radius 1 is 1.29 bits per heavy atom. The molecule has 0 atom stereocenters. The number of hydrogen-bond donors (Lipinski definition) is 1. The average Bonchev–Trinajstić information content (AvgIpc) is 3.34. The first-order valence-electron chi connectivity index (χ1n) is 7.98. The number of nitrogens with zero attached hydrogens (tertiary/aromatic N) is 4. The topological polar surface area (TPSA) is 72.2 Å². The van der Waals surface area contributed by atoms with E-state index in [9.17, 15) is 4.79 Å². The van der Waals surface area contributed by atoms with Crippen molar-refractivity contribution in [3.8, 4) is 10.6 Å². The molecule has 0 saturated heterocycles. The maximum atomic E-state index is 12.1. The van der Waals surface area contributed by atoms with Crippen LogP contribution in [0.25, 0.3) is 16.2 Å². The number of thioether (sulfide) groups is 1. The molecule has 3 aromatic heterocycles. The van der Waals surface area contributed by atoms with E-state index in [0.29, 0.717) is 22.6 Å². The summed E-state index contributed by atoms with van der Waals surface area (Å²) < 4.78 is 1.71. The second-order valence-corrected chi connectivity index (χ2v) is 7.68. The average molecular weight is 359 g/mol. The Labute approximate surface area is 147 Å². The molecule has 124 valence electrons. The van der Waals surface area contributed by atoms with Crippen LogP contribution in [0.1, 0.15) is 25.7 Å². The zero-order valence-corrected chi connectivity index (χ0v) is 14.6. The number of thiophene rings is 1. The largest absolute Gasteiger partial charge is 0.353 e. The molecule has 4 rings (SSSR count). The van der Waals surface area contributed by atoms with Crippen LogP contribution in [0.3, 0.4) is 0 Å². The monoisotopic (exact) mass is 359 g/mol. The third-order valence-corrected chi connectivity index (χ3v) is 5.87. The van der Waals surface area contributed by atoms with Crippen molar-refractivity contribution in [2.45, 2.75) is 36.9 Å². The standard InChI is InChI=1S/C16H17N5OS2/c22-15(17-11-4-1-2-5-11)10-24-16-19-18-14-8-7-12(20-21(14)16)13-6-3-9-23-13/h3,6-9,11H,1-2,4-5,10H2,(H,17,22). The Bertz CT molecular complexity index is 839. The SMILES string of the molecule is O=C(CSc1nnc2ccc(-c3cccs3)nn12)NC1CCCC1. The van der Waals surface area contributed by atoms with Gasteiger partial charge in [0, 0.05) is 6.04 Å². The van der Waals surface area contributed by atoms with Gasteiger partial charge in [-0.25, -0.2) is 0 Å². The Balaban J connectivity index is 1.47. The Morgan fingerprint density at radius 3 is 2.96 bits per heavy atom. The molecule has 1 aliphatic carbocycles. The molecule has 0 aromatic carbocycles. The highest BCUT2D eigenvalue weighted by atomic mass is 32.2. The maximum absolute atomic E-state index is 12.1. The van der Waals surface area contributed by atoms with E-state index in [1.807, 2.05) is 29.6 Å². The normalized spacial score (nSPS) is 15.2. The van der Waals surface area contributed by atoms with Gasteiger partial charge in [-0.15, -0.1) is 21.5 Å². The molecular weight excluding hydrogens is 342 g/mol. The Kier molecular flexibility index (Phi) is 4.48. The first kappa shape index (κ1) is 15.6. The predicted octanol–water partition coefficient (Wildman–Crippen LogP) is 3.00. The summed E-state index contributed by atoms with van der Waals surface area (Å²) in [5.74, 6) is 0.389. The molecule has 3 heterocycles. The molecule has 24 heavy (non-hydrogen) atoms. The van der Waals surface area contributed by atoms with Gasteiger partial charge in [-0.3, -0.25) is 4.79 Å². The van der Waals surface area contributed by atoms with Crippen molar-refractivity contribution >= 4 is 34.7 Å². The van der Waals surface area contributed by atoms with Crippen molar-refractivity contribution < 1.29 is 4.79 Å². The van der Waals surface area contributed by atoms with E-state index in [4.69, 9.17) is 0 Å². The van der Waals surface area contributed by atoms with Crippen LogP contribution in [-0.4, -0.2) is 37.5 Å². The molecular formula is C16H17N5OS2. The Morgan fingerprint density at radius 2 is 2.17 bits per heavy atom. The van der Waals surface area contributed by atoms with Crippen LogP contribution in [0.2, 0.25) is 0 Å². The quantitative estimate of drug-likeness (QED) is 0.709. The highest BCUT2D eigenvalue weighted by Gasteiger charge is 2.18. The Hall–Kier alpha value is -1.93. The minimum Gasteiger partial charge on any atom is -0.353 e. The summed E-state index contributed by atoms with van der Waals surface area (Å²) >= 11 is 3.01. The first-order chi connectivity index (χ1) is 11.8. The third kappa shape index (κ3) is 3.29. The molecule has 0 spiro atoms. The van der Waals surface area contributed by atoms with E-state index >= 15 is 0 Å². The fraction of sp³-hybridized carbons (Fsp3) is 0.375. The van der Waals surface area contributed by atoms with Crippen LogP contribution in [0, 0.1) is 0 Å². The number of aromatic nitrogens is 4. The van der Waals surface area contributed by atoms with Gasteiger partial charge < -0.3 is 5.32 Å². The molecule has 1 aliphatic rings. The zero-order valence-electron chi connectivity index (χ0n) is 13.0. The van der Waals surface area contributed by atoms with Crippen LogP contribution < -0.4 is 5.32 Å². The van der Waals surface area contributed by atoms with E-state index in [0.717, 1.165) is 23.4 Å². The molecule has 8 heteroatoms. The minimum absolute atomic E-state index is 0.0538. The predicted molar refractivity (Wildman–Crippen MR) is 95.2 cm³/mol. The van der Waals surface area contributed by atoms with Gasteiger partial charge in [-0.2, -0.15) is 9.61 Å². The fourth-order valence-electron chi connectivity index (χ4n) is 2.88. The smallest absolute Gasteiger partial charge is 0.230 e. The number of nitrogens with one attached hydrogen (secondary N) is 1. The van der Waals surface area contributed by atoms with E-state index in [-0.39, 0.29) is 5.91 Å². The van der Waals surface area contributed by atoms with Crippen LogP contribution in [0.5, 0.6) is 0 Å². The number of rotatable bonds is 5. The molecule has 1 amide bonds. The lowest BCUT2D eigenvalue weighted by Crippen LogP contribution is -2.33. The van der Waals surface area contributed by atoms with E-state index in [2.05, 4.69) is 20.6 Å². The van der Waals surface area contributed by atoms with Crippen molar-refractivity contribution in [2.24, 2.45) is 0 Å². The van der Waals surface area contributed by atoms with Crippen molar-refractivity contribution in [1.29, 1.82) is 0 Å². The third-order valence-electron chi connectivity index (χ3n) is 4.06. The van der Waals surface area contributed by atoms with Crippen molar-refractivity contribution in [3.05, 3.63) is 29.6 Å². The molecule has 0 unspecified atom stereocenters. The summed E-state index contributed by atoms with van der Waals surface area (Å²) in [7, 11) is 0. The van der Waals surface area contributed by atoms with Gasteiger partial charge in [0.15, 0.2) is 5.65 Å². The molecule has 0 aliphatic heterocycles. The van der Waals surface area contributed by atoms with E-state index in [1.165, 1.54) is 24.6 Å². The van der Waals surface area contributed by atoms with Gasteiger partial charge in [0.05, 0.1) is 10.6 Å². The summed E-state index contributed by atoms with van der Waals surface area (Å²) in [6, 6.07) is 8.22. The zero-order chi connectivity index (χ0) is 16.4. The van der Waals surface area contributed by atoms with Gasteiger partial charge in [-0.05, 0) is 36.4 Å². The summed E-state index contributed by atoms with van der Waals surface area (Å²) in [4.78, 5) is 13.2. The van der Waals surface area contributed by atoms with Crippen LogP contribution >= 0.6 is 23.1 Å². The lowest BCUT2D eigenvalue weighted by atomic mass is 10.2. The molecule has 1 fully saturated rings. The minimum atomic E-state index is 0.0538. The lowest BCUT2D eigenvalue weighted by Gasteiger charge is -2.10. The molecule has 6 nitrogen and oxygen atoms in total. The summed E-state index contributed by atoms with van der Waals surface area (Å²) in [6.07, 6.45) is 4.61.